The highest BCUT2D eigenvalue weighted by atomic mass is 79.9. The van der Waals surface area contributed by atoms with Crippen molar-refractivity contribution in [1.29, 1.82) is 0 Å². The molecule has 0 bridgehead atoms. The minimum absolute atomic E-state index is 0.244. The molecule has 3 nitrogen and oxygen atoms in total. The van der Waals surface area contributed by atoms with Crippen molar-refractivity contribution in [2.45, 2.75) is 26.3 Å². The van der Waals surface area contributed by atoms with Gasteiger partial charge in [-0.3, -0.25) is 0 Å². The molecule has 1 aromatic heterocycles. The number of halogens is 1. The summed E-state index contributed by atoms with van der Waals surface area (Å²) < 4.78 is 0.932. The van der Waals surface area contributed by atoms with Crippen LogP contribution in [0.4, 0.5) is 11.5 Å². The molecule has 2 aromatic rings. The molecule has 0 aliphatic carbocycles. The zero-order chi connectivity index (χ0) is 13.8. The van der Waals surface area contributed by atoms with Gasteiger partial charge in [0.2, 0.25) is 0 Å². The van der Waals surface area contributed by atoms with E-state index in [-0.39, 0.29) is 6.04 Å². The number of nitrogens with two attached hydrogens (primary N) is 1. The summed E-state index contributed by atoms with van der Waals surface area (Å²) in [6.45, 7) is 4.14. The summed E-state index contributed by atoms with van der Waals surface area (Å²) in [7, 11) is 0. The average Bonchev–Trinajstić information content (AvgIpc) is 2.45. The van der Waals surface area contributed by atoms with Gasteiger partial charge in [-0.15, -0.1) is 0 Å². The predicted molar refractivity (Wildman–Crippen MR) is 84.2 cm³/mol. The topological polar surface area (TPSA) is 50.9 Å². The molecule has 100 valence electrons. The number of hydrogen-bond acceptors (Lipinski definition) is 3. The van der Waals surface area contributed by atoms with E-state index in [1.54, 1.807) is 6.20 Å². The first-order valence-electron chi connectivity index (χ1n) is 6.35. The fraction of sp³-hybridized carbons (Fsp3) is 0.267. The molecular formula is C15H18BrN3. The number of pyridine rings is 1. The summed E-state index contributed by atoms with van der Waals surface area (Å²) in [5.41, 5.74) is 8.81. The number of rotatable bonds is 4. The molecule has 4 heteroatoms. The van der Waals surface area contributed by atoms with Crippen LogP contribution in [0, 0.1) is 6.92 Å². The largest absolute Gasteiger partial charge is 0.397 e. The summed E-state index contributed by atoms with van der Waals surface area (Å²) in [4.78, 5) is 4.37. The lowest BCUT2D eigenvalue weighted by atomic mass is 10.0. The first-order valence-corrected chi connectivity index (χ1v) is 7.14. The van der Waals surface area contributed by atoms with Gasteiger partial charge in [0.15, 0.2) is 0 Å². The van der Waals surface area contributed by atoms with E-state index in [1.165, 1.54) is 5.56 Å². The lowest BCUT2D eigenvalue weighted by Crippen LogP contribution is -2.12. The third-order valence-electron chi connectivity index (χ3n) is 3.22. The third kappa shape index (κ3) is 3.07. The normalized spacial score (nSPS) is 12.2. The van der Waals surface area contributed by atoms with Gasteiger partial charge in [-0.05, 0) is 40.4 Å². The van der Waals surface area contributed by atoms with Crippen LogP contribution in [-0.4, -0.2) is 4.98 Å². The van der Waals surface area contributed by atoms with Crippen molar-refractivity contribution in [3.05, 3.63) is 52.1 Å². The predicted octanol–water partition coefficient (Wildman–Crippen LogP) is 4.30. The zero-order valence-corrected chi connectivity index (χ0v) is 12.7. The van der Waals surface area contributed by atoms with E-state index in [2.05, 4.69) is 57.4 Å². The first-order chi connectivity index (χ1) is 9.13. The maximum Gasteiger partial charge on any atom is 0.141 e. The maximum absolute atomic E-state index is 5.84. The van der Waals surface area contributed by atoms with Crippen LogP contribution >= 0.6 is 15.9 Å². The van der Waals surface area contributed by atoms with Crippen LogP contribution in [0.2, 0.25) is 0 Å². The lowest BCUT2D eigenvalue weighted by Gasteiger charge is -2.20. The second-order valence-corrected chi connectivity index (χ2v) is 5.31. The van der Waals surface area contributed by atoms with Crippen LogP contribution in [0.25, 0.3) is 0 Å². The molecule has 0 fully saturated rings. The van der Waals surface area contributed by atoms with Gasteiger partial charge in [-0.1, -0.05) is 37.3 Å². The molecule has 2 rings (SSSR count). The number of nitrogens with zero attached hydrogens (tertiary/aromatic N) is 1. The summed E-state index contributed by atoms with van der Waals surface area (Å²) in [6, 6.07) is 10.6. The Morgan fingerprint density at radius 3 is 2.63 bits per heavy atom. The summed E-state index contributed by atoms with van der Waals surface area (Å²) in [5, 5.41) is 3.47. The van der Waals surface area contributed by atoms with Crippen LogP contribution in [0.1, 0.15) is 30.5 Å². The minimum atomic E-state index is 0.244. The van der Waals surface area contributed by atoms with Gasteiger partial charge in [-0.25, -0.2) is 4.98 Å². The Bertz CT molecular complexity index is 555. The molecule has 0 spiro atoms. The third-order valence-corrected chi connectivity index (χ3v) is 4.19. The van der Waals surface area contributed by atoms with Gasteiger partial charge in [-0.2, -0.15) is 0 Å². The molecule has 0 amide bonds. The lowest BCUT2D eigenvalue weighted by molar-refractivity contribution is 0.743. The highest BCUT2D eigenvalue weighted by Gasteiger charge is 2.13. The Hall–Kier alpha value is -1.55. The molecular weight excluding hydrogens is 302 g/mol. The molecule has 0 radical (unpaired) electrons. The number of anilines is 2. The second kappa shape index (κ2) is 6.06. The molecule has 1 aromatic carbocycles. The molecule has 0 aliphatic rings. The van der Waals surface area contributed by atoms with Crippen molar-refractivity contribution in [2.75, 3.05) is 11.1 Å². The quantitative estimate of drug-likeness (QED) is 0.883. The van der Waals surface area contributed by atoms with Crippen LogP contribution in [0.3, 0.4) is 0 Å². The fourth-order valence-electron chi connectivity index (χ4n) is 1.96. The Morgan fingerprint density at radius 1 is 1.32 bits per heavy atom. The SMILES string of the molecule is CCC(Nc1ncc(N)c(C)c1Br)c1ccccc1. The average molecular weight is 320 g/mol. The molecule has 1 atom stereocenters. The highest BCUT2D eigenvalue weighted by molar-refractivity contribution is 9.10. The second-order valence-electron chi connectivity index (χ2n) is 4.52. The Labute approximate surface area is 122 Å². The number of nitrogen functional groups attached to an aromatic ring is 1. The monoisotopic (exact) mass is 319 g/mol. The number of nitrogens with one attached hydrogen (secondary N) is 1. The standard InChI is InChI=1S/C15H18BrN3/c1-3-13(11-7-5-4-6-8-11)19-15-14(16)10(2)12(17)9-18-15/h4-9,13H,3,17H2,1-2H3,(H,18,19). The zero-order valence-electron chi connectivity index (χ0n) is 11.2. The van der Waals surface area contributed by atoms with E-state index in [0.717, 1.165) is 22.3 Å². The van der Waals surface area contributed by atoms with Crippen molar-refractivity contribution >= 4 is 27.4 Å². The van der Waals surface area contributed by atoms with E-state index in [1.807, 2.05) is 13.0 Å². The summed E-state index contributed by atoms with van der Waals surface area (Å²) >= 11 is 3.56. The van der Waals surface area contributed by atoms with E-state index >= 15 is 0 Å². The first kappa shape index (κ1) is 13.9. The Kier molecular flexibility index (Phi) is 4.43. The van der Waals surface area contributed by atoms with Crippen LogP contribution in [-0.2, 0) is 0 Å². The highest BCUT2D eigenvalue weighted by Crippen LogP contribution is 2.31. The van der Waals surface area contributed by atoms with Crippen LogP contribution in [0.5, 0.6) is 0 Å². The molecule has 1 unspecified atom stereocenters. The number of hydrogen-bond donors (Lipinski definition) is 2. The summed E-state index contributed by atoms with van der Waals surface area (Å²) in [6.07, 6.45) is 2.68. The van der Waals surface area contributed by atoms with Gasteiger partial charge in [0.1, 0.15) is 5.82 Å². The van der Waals surface area contributed by atoms with E-state index < -0.39 is 0 Å². The number of aromatic nitrogens is 1. The molecule has 0 saturated heterocycles. The molecule has 0 aliphatic heterocycles. The molecule has 1 heterocycles. The van der Waals surface area contributed by atoms with Gasteiger partial charge >= 0.3 is 0 Å². The van der Waals surface area contributed by atoms with E-state index in [9.17, 15) is 0 Å². The van der Waals surface area contributed by atoms with Crippen LogP contribution < -0.4 is 11.1 Å². The maximum atomic E-state index is 5.84. The van der Waals surface area contributed by atoms with E-state index in [0.29, 0.717) is 5.69 Å². The van der Waals surface area contributed by atoms with Crippen molar-refractivity contribution in [2.24, 2.45) is 0 Å². The minimum Gasteiger partial charge on any atom is -0.397 e. The van der Waals surface area contributed by atoms with Gasteiger partial charge in [0, 0.05) is 0 Å². The van der Waals surface area contributed by atoms with Crippen molar-refractivity contribution in [3.8, 4) is 0 Å². The fourth-order valence-corrected chi connectivity index (χ4v) is 2.41. The van der Waals surface area contributed by atoms with Gasteiger partial charge in [0.05, 0.1) is 22.4 Å². The summed E-state index contributed by atoms with van der Waals surface area (Å²) in [5.74, 6) is 0.836. The van der Waals surface area contributed by atoms with Crippen molar-refractivity contribution in [1.82, 2.24) is 4.98 Å². The van der Waals surface area contributed by atoms with Crippen molar-refractivity contribution < 1.29 is 0 Å². The smallest absolute Gasteiger partial charge is 0.141 e. The molecule has 19 heavy (non-hydrogen) atoms. The van der Waals surface area contributed by atoms with E-state index in [4.69, 9.17) is 5.73 Å². The van der Waals surface area contributed by atoms with Gasteiger partial charge < -0.3 is 11.1 Å². The Balaban J connectivity index is 2.27. The van der Waals surface area contributed by atoms with Crippen molar-refractivity contribution in [3.63, 3.8) is 0 Å². The van der Waals surface area contributed by atoms with Crippen LogP contribution in [0.15, 0.2) is 41.0 Å². The number of benzene rings is 1. The Morgan fingerprint density at radius 2 is 2.00 bits per heavy atom. The van der Waals surface area contributed by atoms with Gasteiger partial charge in [0.25, 0.3) is 0 Å². The molecule has 0 saturated carbocycles. The molecule has 3 N–H and O–H groups in total.